The summed E-state index contributed by atoms with van der Waals surface area (Å²) in [6.45, 7) is 6.32. The number of benzene rings is 2. The molecule has 3 aromatic heterocycles. The Kier molecular flexibility index (Phi) is 7.07. The average Bonchev–Trinajstić information content (AvgIpc) is 3.53. The predicted molar refractivity (Wildman–Crippen MR) is 137 cm³/mol. The lowest BCUT2D eigenvalue weighted by atomic mass is 10.2. The number of hydrogen-bond donors (Lipinski definition) is 0. The van der Waals surface area contributed by atoms with Crippen LogP contribution in [0.1, 0.15) is 13.8 Å². The molecule has 0 saturated carbocycles. The Morgan fingerprint density at radius 2 is 1.54 bits per heavy atom. The molecule has 0 saturated heterocycles. The third-order valence-electron chi connectivity index (χ3n) is 6.23. The van der Waals surface area contributed by atoms with Crippen LogP contribution in [0.25, 0.3) is 28.3 Å². The average molecular weight is 488 g/mol. The number of halogens is 1. The Morgan fingerprint density at radius 1 is 0.857 bits per heavy atom. The molecule has 180 valence electrons. The van der Waals surface area contributed by atoms with Gasteiger partial charge in [0.15, 0.2) is 16.9 Å². The molecule has 8 heteroatoms. The van der Waals surface area contributed by atoms with Crippen molar-refractivity contribution in [2.45, 2.75) is 13.8 Å². The van der Waals surface area contributed by atoms with Gasteiger partial charge in [0.25, 0.3) is 6.33 Å². The minimum absolute atomic E-state index is 0. The van der Waals surface area contributed by atoms with Crippen LogP contribution in [0, 0.1) is 0 Å². The molecule has 0 atom stereocenters. The van der Waals surface area contributed by atoms with Gasteiger partial charge in [0, 0.05) is 38.6 Å². The van der Waals surface area contributed by atoms with Gasteiger partial charge in [-0.3, -0.25) is 0 Å². The highest BCUT2D eigenvalue weighted by molar-refractivity contribution is 5.61. The fourth-order valence-electron chi connectivity index (χ4n) is 4.26. The zero-order valence-electron chi connectivity index (χ0n) is 20.5. The summed E-state index contributed by atoms with van der Waals surface area (Å²) in [6.07, 6.45) is 6.20. The van der Waals surface area contributed by atoms with E-state index >= 15 is 0 Å². The van der Waals surface area contributed by atoms with E-state index in [1.165, 1.54) is 11.4 Å². The van der Waals surface area contributed by atoms with Crippen LogP contribution < -0.4 is 26.8 Å². The van der Waals surface area contributed by atoms with Crippen molar-refractivity contribution in [2.24, 2.45) is 0 Å². The molecule has 5 rings (SSSR count). The monoisotopic (exact) mass is 487 g/mol. The highest BCUT2D eigenvalue weighted by Crippen LogP contribution is 2.22. The largest absolute Gasteiger partial charge is 1.00 e. The van der Waals surface area contributed by atoms with Gasteiger partial charge in [-0.1, -0.05) is 11.3 Å². The van der Waals surface area contributed by atoms with Gasteiger partial charge in [-0.05, 0) is 74.5 Å². The number of anilines is 2. The van der Waals surface area contributed by atoms with Crippen molar-refractivity contribution >= 4 is 16.9 Å². The Morgan fingerprint density at radius 3 is 2.20 bits per heavy atom. The highest BCUT2D eigenvalue weighted by atomic mass is 35.5. The van der Waals surface area contributed by atoms with Gasteiger partial charge in [0.1, 0.15) is 11.9 Å². The van der Waals surface area contributed by atoms with E-state index in [4.69, 9.17) is 0 Å². The molecule has 0 fully saturated rings. The molecule has 0 aliphatic rings. The standard InChI is InChI=1S/C27H30N7.ClH/c1-5-31(6-2)22-14-16-24(17-15-22)34-19-26(28-29-34)27-9-7-8-25-18-32(20-33(25)27)23-12-10-21(11-13-23)30(3)4;/h7-20H,5-6H2,1-4H3;1H/q+1;/p-1. The third kappa shape index (κ3) is 4.72. The van der Waals surface area contributed by atoms with Gasteiger partial charge in [0.2, 0.25) is 0 Å². The van der Waals surface area contributed by atoms with E-state index < -0.39 is 0 Å². The summed E-state index contributed by atoms with van der Waals surface area (Å²) >= 11 is 0. The number of fused-ring (bicyclic) bond motifs is 1. The number of hydrogen-bond acceptors (Lipinski definition) is 4. The number of rotatable bonds is 7. The summed E-state index contributed by atoms with van der Waals surface area (Å²) in [4.78, 5) is 4.43. The van der Waals surface area contributed by atoms with Crippen molar-refractivity contribution in [3.8, 4) is 22.8 Å². The highest BCUT2D eigenvalue weighted by Gasteiger charge is 2.17. The fourth-order valence-corrected chi connectivity index (χ4v) is 4.26. The summed E-state index contributed by atoms with van der Waals surface area (Å²) < 4.78 is 6.12. The second-order valence-electron chi connectivity index (χ2n) is 8.51. The molecule has 0 aliphatic carbocycles. The summed E-state index contributed by atoms with van der Waals surface area (Å²) in [5.74, 6) is 0. The van der Waals surface area contributed by atoms with Crippen LogP contribution in [0.15, 0.2) is 85.5 Å². The lowest BCUT2D eigenvalue weighted by molar-refractivity contribution is -0.594. The van der Waals surface area contributed by atoms with Gasteiger partial charge in [-0.25, -0.2) is 9.25 Å². The molecular formula is C27H30ClN7. The lowest BCUT2D eigenvalue weighted by Gasteiger charge is -2.21. The summed E-state index contributed by atoms with van der Waals surface area (Å²) in [6, 6.07) is 23.2. The number of aromatic nitrogens is 5. The van der Waals surface area contributed by atoms with Crippen LogP contribution in [-0.2, 0) is 0 Å². The molecule has 0 radical (unpaired) electrons. The fraction of sp³-hybridized carbons (Fsp3) is 0.222. The summed E-state index contributed by atoms with van der Waals surface area (Å²) in [5, 5.41) is 8.89. The van der Waals surface area contributed by atoms with Gasteiger partial charge >= 0.3 is 0 Å². The zero-order chi connectivity index (χ0) is 23.7. The molecule has 0 spiro atoms. The Hall–Kier alpha value is -3.84. The predicted octanol–water partition coefficient (Wildman–Crippen LogP) is 1.38. The van der Waals surface area contributed by atoms with Gasteiger partial charge in [0.05, 0.1) is 11.9 Å². The molecule has 7 nitrogen and oxygen atoms in total. The smallest absolute Gasteiger partial charge is 0.254 e. The van der Waals surface area contributed by atoms with E-state index in [-0.39, 0.29) is 12.4 Å². The van der Waals surface area contributed by atoms with Crippen LogP contribution in [0.4, 0.5) is 11.4 Å². The van der Waals surface area contributed by atoms with Crippen molar-refractivity contribution in [1.82, 2.24) is 19.4 Å². The molecule has 5 aromatic rings. The first kappa shape index (κ1) is 24.3. The maximum absolute atomic E-state index is 4.48. The number of nitrogens with zero attached hydrogens (tertiary/aromatic N) is 7. The molecule has 0 amide bonds. The van der Waals surface area contributed by atoms with E-state index in [0.29, 0.717) is 0 Å². The van der Waals surface area contributed by atoms with Crippen LogP contribution in [-0.4, -0.2) is 46.6 Å². The molecule has 2 aromatic carbocycles. The first-order valence-corrected chi connectivity index (χ1v) is 11.7. The van der Waals surface area contributed by atoms with E-state index in [1.807, 2.05) is 25.0 Å². The Bertz CT molecular complexity index is 1400. The summed E-state index contributed by atoms with van der Waals surface area (Å²) in [7, 11) is 4.10. The van der Waals surface area contributed by atoms with Crippen LogP contribution >= 0.6 is 0 Å². The molecule has 0 unspecified atom stereocenters. The molecular weight excluding hydrogens is 458 g/mol. The van der Waals surface area contributed by atoms with E-state index in [0.717, 1.165) is 41.4 Å². The maximum Gasteiger partial charge on any atom is 0.254 e. The second-order valence-corrected chi connectivity index (χ2v) is 8.51. The second kappa shape index (κ2) is 10.2. The van der Waals surface area contributed by atoms with Gasteiger partial charge in [-0.15, -0.1) is 5.10 Å². The molecule has 0 N–H and O–H groups in total. The van der Waals surface area contributed by atoms with E-state index in [1.54, 1.807) is 0 Å². The normalized spacial score (nSPS) is 10.9. The molecule has 0 bridgehead atoms. The van der Waals surface area contributed by atoms with Crippen molar-refractivity contribution in [1.29, 1.82) is 0 Å². The third-order valence-corrected chi connectivity index (χ3v) is 6.23. The molecule has 35 heavy (non-hydrogen) atoms. The zero-order valence-corrected chi connectivity index (χ0v) is 21.3. The lowest BCUT2D eigenvalue weighted by Crippen LogP contribution is -3.00. The van der Waals surface area contributed by atoms with Gasteiger partial charge in [-0.2, -0.15) is 4.40 Å². The minimum atomic E-state index is 0. The number of pyridine rings is 1. The Balaban J connectivity index is 0.00000289. The first-order chi connectivity index (χ1) is 16.6. The molecule has 3 heterocycles. The molecule has 0 aliphatic heterocycles. The summed E-state index contributed by atoms with van der Waals surface area (Å²) in [5.41, 5.74) is 7.40. The van der Waals surface area contributed by atoms with Crippen LogP contribution in [0.3, 0.4) is 0 Å². The van der Waals surface area contributed by atoms with Crippen molar-refractivity contribution in [2.75, 3.05) is 37.0 Å². The minimum Gasteiger partial charge on any atom is -1.00 e. The SMILES string of the molecule is CCN(CC)c1ccc(-n2cc(-c3cccc4c[n+](-c5ccc(N(C)C)cc5)cn34)nn2)cc1.[Cl-]. The number of imidazole rings is 1. The van der Waals surface area contributed by atoms with E-state index in [9.17, 15) is 0 Å². The van der Waals surface area contributed by atoms with Crippen molar-refractivity contribution in [3.05, 3.63) is 85.5 Å². The van der Waals surface area contributed by atoms with Crippen molar-refractivity contribution in [3.63, 3.8) is 0 Å². The Labute approximate surface area is 212 Å². The van der Waals surface area contributed by atoms with Crippen LogP contribution in [0.5, 0.6) is 0 Å². The quantitative estimate of drug-likeness (QED) is 0.325. The first-order valence-electron chi connectivity index (χ1n) is 11.7. The van der Waals surface area contributed by atoms with Crippen molar-refractivity contribution < 1.29 is 17.0 Å². The topological polar surface area (TPSA) is 45.5 Å². The van der Waals surface area contributed by atoms with Crippen LogP contribution in [0.2, 0.25) is 0 Å². The maximum atomic E-state index is 4.48. The van der Waals surface area contributed by atoms with E-state index in [2.05, 4.69) is 122 Å². The van der Waals surface area contributed by atoms with Gasteiger partial charge < -0.3 is 22.2 Å².